The lowest BCUT2D eigenvalue weighted by Gasteiger charge is -2.36. The summed E-state index contributed by atoms with van der Waals surface area (Å²) in [5, 5.41) is 22.0. The van der Waals surface area contributed by atoms with Crippen molar-refractivity contribution in [1.82, 2.24) is 0 Å². The number of hydrogen-bond acceptors (Lipinski definition) is 9. The number of anilines is 1. The van der Waals surface area contributed by atoms with Gasteiger partial charge >= 0.3 is 11.9 Å². The molecule has 0 radical (unpaired) electrons. The van der Waals surface area contributed by atoms with Crippen LogP contribution < -0.4 is 10.6 Å². The van der Waals surface area contributed by atoms with Gasteiger partial charge in [-0.2, -0.15) is 5.26 Å². The first-order valence-corrected chi connectivity index (χ1v) is 10.2. The van der Waals surface area contributed by atoms with Crippen molar-refractivity contribution in [2.24, 2.45) is 5.73 Å². The summed E-state index contributed by atoms with van der Waals surface area (Å²) in [4.78, 5) is 38.3. The summed E-state index contributed by atoms with van der Waals surface area (Å²) < 4.78 is 9.88. The second-order valence-corrected chi connectivity index (χ2v) is 7.62. The van der Waals surface area contributed by atoms with E-state index in [1.54, 1.807) is 30.3 Å². The van der Waals surface area contributed by atoms with Crippen molar-refractivity contribution in [2.45, 2.75) is 12.8 Å². The Morgan fingerprint density at radius 3 is 2.32 bits per heavy atom. The number of carbonyl (C=O) groups excluding carboxylic acids is 2. The van der Waals surface area contributed by atoms with E-state index in [9.17, 15) is 25.0 Å². The lowest BCUT2D eigenvalue weighted by molar-refractivity contribution is -0.384. The molecule has 3 rings (SSSR count). The molecule has 174 valence electrons. The minimum Gasteiger partial charge on any atom is -0.466 e. The van der Waals surface area contributed by atoms with Crippen LogP contribution in [0.15, 0.2) is 65.1 Å². The van der Waals surface area contributed by atoms with Gasteiger partial charge < -0.3 is 15.2 Å². The minimum atomic E-state index is -1.09. The van der Waals surface area contributed by atoms with Gasteiger partial charge in [0.2, 0.25) is 0 Å². The van der Waals surface area contributed by atoms with Crippen LogP contribution in [0.4, 0.5) is 11.4 Å². The third-order valence-electron chi connectivity index (χ3n) is 5.28. The molecule has 0 amide bonds. The molecule has 0 aromatic heterocycles. The van der Waals surface area contributed by atoms with Gasteiger partial charge in [-0.05, 0) is 24.1 Å². The molecule has 11 heteroatoms. The van der Waals surface area contributed by atoms with Crippen LogP contribution in [0.3, 0.4) is 0 Å². The van der Waals surface area contributed by atoms with E-state index in [0.717, 1.165) is 25.2 Å². The first kappa shape index (κ1) is 24.3. The van der Waals surface area contributed by atoms with Crippen molar-refractivity contribution >= 4 is 34.9 Å². The van der Waals surface area contributed by atoms with Crippen molar-refractivity contribution in [3.8, 4) is 6.07 Å². The highest BCUT2D eigenvalue weighted by Crippen LogP contribution is 2.46. The Morgan fingerprint density at radius 2 is 1.79 bits per heavy atom. The number of benzene rings is 2. The Balaban J connectivity index is 2.53. The maximum atomic E-state index is 13.1. The quantitative estimate of drug-likeness (QED) is 0.384. The van der Waals surface area contributed by atoms with Crippen molar-refractivity contribution < 1.29 is 24.0 Å². The van der Waals surface area contributed by atoms with E-state index in [4.69, 9.17) is 26.8 Å². The van der Waals surface area contributed by atoms with E-state index < -0.39 is 34.2 Å². The highest BCUT2D eigenvalue weighted by atomic mass is 35.5. The molecule has 2 aromatic rings. The Labute approximate surface area is 199 Å². The topological polar surface area (TPSA) is 149 Å². The van der Waals surface area contributed by atoms with Crippen LogP contribution in [0.25, 0.3) is 0 Å². The van der Waals surface area contributed by atoms with Crippen LogP contribution in [0.2, 0.25) is 5.02 Å². The highest BCUT2D eigenvalue weighted by molar-refractivity contribution is 6.31. The number of hydrogen-bond donors (Lipinski definition) is 1. The van der Waals surface area contributed by atoms with Gasteiger partial charge in [-0.25, -0.2) is 9.59 Å². The highest BCUT2D eigenvalue weighted by Gasteiger charge is 2.44. The molecule has 1 aliphatic heterocycles. The Bertz CT molecular complexity index is 1300. The Morgan fingerprint density at radius 1 is 1.18 bits per heavy atom. The van der Waals surface area contributed by atoms with Crippen LogP contribution in [0.5, 0.6) is 0 Å². The monoisotopic (exact) mass is 482 g/mol. The Hall–Kier alpha value is -4.36. The number of nitrogens with zero attached hydrogens (tertiary/aromatic N) is 3. The molecule has 1 unspecified atom stereocenters. The molecular formula is C23H19ClN4O6. The Kier molecular flexibility index (Phi) is 6.89. The molecule has 0 saturated carbocycles. The minimum absolute atomic E-state index is 0.0759. The lowest BCUT2D eigenvalue weighted by atomic mass is 9.80. The van der Waals surface area contributed by atoms with E-state index in [1.165, 1.54) is 13.0 Å². The summed E-state index contributed by atoms with van der Waals surface area (Å²) in [6.45, 7) is 1.52. The average molecular weight is 483 g/mol. The van der Waals surface area contributed by atoms with Crippen molar-refractivity contribution in [3.05, 3.63) is 91.4 Å². The number of allylic oxidation sites excluding steroid dienone is 1. The maximum Gasteiger partial charge on any atom is 0.355 e. The SMILES string of the molecule is COC(=O)C1=C(C(=O)OC)N(c2c(C)cc(Cl)cc2[N+](=O)[O-])C(N)=C(C#N)C1c1ccccc1. The van der Waals surface area contributed by atoms with Crippen LogP contribution >= 0.6 is 11.6 Å². The summed E-state index contributed by atoms with van der Waals surface area (Å²) in [7, 11) is 2.20. The van der Waals surface area contributed by atoms with Gasteiger partial charge in [0, 0.05) is 11.1 Å². The van der Waals surface area contributed by atoms with Gasteiger partial charge in [-0.3, -0.25) is 15.0 Å². The van der Waals surface area contributed by atoms with Gasteiger partial charge in [0.05, 0.1) is 42.3 Å². The largest absolute Gasteiger partial charge is 0.466 e. The zero-order valence-corrected chi connectivity index (χ0v) is 19.1. The van der Waals surface area contributed by atoms with Crippen LogP contribution in [0.1, 0.15) is 17.0 Å². The fourth-order valence-electron chi connectivity index (χ4n) is 3.89. The molecule has 0 aliphatic carbocycles. The van der Waals surface area contributed by atoms with Crippen LogP contribution in [0, 0.1) is 28.4 Å². The molecule has 0 bridgehead atoms. The van der Waals surface area contributed by atoms with E-state index in [1.807, 2.05) is 6.07 Å². The number of nitrogens with two attached hydrogens (primary N) is 1. The van der Waals surface area contributed by atoms with Gasteiger partial charge in [0.1, 0.15) is 17.2 Å². The predicted molar refractivity (Wildman–Crippen MR) is 122 cm³/mol. The van der Waals surface area contributed by atoms with Crippen molar-refractivity contribution in [1.29, 1.82) is 5.26 Å². The van der Waals surface area contributed by atoms with Crippen molar-refractivity contribution in [2.75, 3.05) is 19.1 Å². The zero-order chi connectivity index (χ0) is 25.2. The molecule has 0 fully saturated rings. The molecule has 0 saturated heterocycles. The number of nitro groups is 1. The molecule has 10 nitrogen and oxygen atoms in total. The van der Waals surface area contributed by atoms with Gasteiger partial charge in [-0.15, -0.1) is 0 Å². The van der Waals surface area contributed by atoms with E-state index in [0.29, 0.717) is 5.56 Å². The van der Waals surface area contributed by atoms with Crippen LogP contribution in [-0.4, -0.2) is 31.1 Å². The summed E-state index contributed by atoms with van der Waals surface area (Å²) in [6.07, 6.45) is 0. The number of nitro benzene ring substituents is 1. The average Bonchev–Trinajstić information content (AvgIpc) is 2.82. The zero-order valence-electron chi connectivity index (χ0n) is 18.4. The molecule has 1 aliphatic rings. The predicted octanol–water partition coefficient (Wildman–Crippen LogP) is 3.45. The molecule has 1 atom stereocenters. The number of esters is 2. The number of ether oxygens (including phenoxy) is 2. The number of carbonyl (C=O) groups is 2. The van der Waals surface area contributed by atoms with Crippen molar-refractivity contribution in [3.63, 3.8) is 0 Å². The van der Waals surface area contributed by atoms with E-state index in [2.05, 4.69) is 0 Å². The standard InChI is InChI=1S/C23H19ClN4O6/c1-12-9-14(24)10-16(28(31)32)19(12)27-20(23(30)34-3)18(22(29)33-2)17(15(11-25)21(27)26)13-7-5-4-6-8-13/h4-10,17H,26H2,1-3H3. The molecule has 1 heterocycles. The fourth-order valence-corrected chi connectivity index (χ4v) is 4.16. The second-order valence-electron chi connectivity index (χ2n) is 7.18. The number of nitriles is 1. The molecule has 34 heavy (non-hydrogen) atoms. The fraction of sp³-hybridized carbons (Fsp3) is 0.174. The molecule has 2 N–H and O–H groups in total. The first-order chi connectivity index (χ1) is 16.2. The van der Waals surface area contributed by atoms with Crippen LogP contribution in [-0.2, 0) is 19.1 Å². The van der Waals surface area contributed by atoms with Gasteiger partial charge in [0.25, 0.3) is 5.69 Å². The third-order valence-corrected chi connectivity index (χ3v) is 5.49. The third kappa shape index (κ3) is 4.04. The van der Waals surface area contributed by atoms with E-state index in [-0.39, 0.29) is 33.2 Å². The number of rotatable bonds is 5. The second kappa shape index (κ2) is 9.64. The number of aryl methyl sites for hydroxylation is 1. The molecular weight excluding hydrogens is 464 g/mol. The number of halogens is 1. The smallest absolute Gasteiger partial charge is 0.355 e. The van der Waals surface area contributed by atoms with Gasteiger partial charge in [0.15, 0.2) is 0 Å². The lowest BCUT2D eigenvalue weighted by Crippen LogP contribution is -2.41. The van der Waals surface area contributed by atoms with Gasteiger partial charge in [-0.1, -0.05) is 41.9 Å². The summed E-state index contributed by atoms with van der Waals surface area (Å²) in [5.74, 6) is -3.31. The summed E-state index contributed by atoms with van der Waals surface area (Å²) in [5.41, 5.74) is 5.72. The summed E-state index contributed by atoms with van der Waals surface area (Å²) >= 11 is 6.03. The normalized spacial score (nSPS) is 15.6. The molecule has 2 aromatic carbocycles. The maximum absolute atomic E-state index is 13.1. The number of methoxy groups -OCH3 is 2. The van der Waals surface area contributed by atoms with E-state index >= 15 is 0 Å². The molecule has 0 spiro atoms. The first-order valence-electron chi connectivity index (χ1n) is 9.78. The summed E-state index contributed by atoms with van der Waals surface area (Å²) in [6, 6.07) is 12.9.